The Morgan fingerprint density at radius 3 is 2.31 bits per heavy atom. The van der Waals surface area contributed by atoms with Gasteiger partial charge in [0.05, 0.1) is 0 Å². The molecule has 1 N–H and O–H groups in total. The molecule has 4 rings (SSSR count). The number of rotatable bonds is 6. The molecule has 0 aliphatic carbocycles. The summed E-state index contributed by atoms with van der Waals surface area (Å²) in [5, 5.41) is 0. The molecule has 1 aromatic carbocycles. The fourth-order valence-corrected chi connectivity index (χ4v) is 6.70. The highest BCUT2D eigenvalue weighted by Gasteiger charge is 2.29. The molecule has 9 heteroatoms. The minimum atomic E-state index is -3.55. The van der Waals surface area contributed by atoms with E-state index < -0.39 is 10.0 Å². The number of carbonyl (C=O) groups is 1. The lowest BCUT2D eigenvalue weighted by Gasteiger charge is -2.34. The largest absolute Gasteiger partial charge is 0.356 e. The van der Waals surface area contributed by atoms with E-state index in [4.69, 9.17) is 0 Å². The molecule has 1 aromatic heterocycles. The Morgan fingerprint density at radius 2 is 1.69 bits per heavy atom. The number of amides is 1. The van der Waals surface area contributed by atoms with Gasteiger partial charge in [0.25, 0.3) is 5.91 Å². The van der Waals surface area contributed by atoms with E-state index >= 15 is 0 Å². The first kappa shape index (κ1) is 23.4. The number of piperazine rings is 1. The molecule has 0 bridgehead atoms. The highest BCUT2D eigenvalue weighted by atomic mass is 32.2. The normalized spacial score (nSPS) is 18.9. The van der Waals surface area contributed by atoms with Gasteiger partial charge in [-0.1, -0.05) is 38.1 Å². The van der Waals surface area contributed by atoms with Crippen molar-refractivity contribution in [3.8, 4) is 0 Å². The van der Waals surface area contributed by atoms with Crippen LogP contribution in [-0.4, -0.2) is 84.2 Å². The second-order valence-electron chi connectivity index (χ2n) is 8.73. The molecule has 2 aliphatic rings. The maximum atomic E-state index is 12.9. The van der Waals surface area contributed by atoms with E-state index in [2.05, 4.69) is 48.0 Å². The van der Waals surface area contributed by atoms with Crippen molar-refractivity contribution in [3.63, 3.8) is 0 Å². The Balaban J connectivity index is 1.32. The fraction of sp³-hybridized carbons (Fsp3) is 0.522. The molecule has 0 atom stereocenters. The quantitative estimate of drug-likeness (QED) is 0.694. The molecule has 3 heterocycles. The van der Waals surface area contributed by atoms with Gasteiger partial charge >= 0.3 is 0 Å². The van der Waals surface area contributed by atoms with Gasteiger partial charge in [-0.25, -0.2) is 8.42 Å². The van der Waals surface area contributed by atoms with Gasteiger partial charge in [0.2, 0.25) is 10.0 Å². The summed E-state index contributed by atoms with van der Waals surface area (Å²) in [6.07, 6.45) is 1.45. The zero-order valence-electron chi connectivity index (χ0n) is 18.8. The molecule has 2 saturated heterocycles. The molecule has 32 heavy (non-hydrogen) atoms. The molecular weight excluding hydrogens is 444 g/mol. The van der Waals surface area contributed by atoms with E-state index in [9.17, 15) is 13.2 Å². The third kappa shape index (κ3) is 5.22. The highest BCUT2D eigenvalue weighted by molar-refractivity contribution is 7.99. The van der Waals surface area contributed by atoms with Crippen LogP contribution in [0.4, 0.5) is 0 Å². The summed E-state index contributed by atoms with van der Waals surface area (Å²) in [6, 6.07) is 10.3. The van der Waals surface area contributed by atoms with Crippen LogP contribution < -0.4 is 0 Å². The van der Waals surface area contributed by atoms with Crippen molar-refractivity contribution in [2.45, 2.75) is 31.2 Å². The molecule has 1 amide bonds. The van der Waals surface area contributed by atoms with E-state index in [1.54, 1.807) is 16.7 Å². The number of nitrogens with zero attached hydrogens (tertiary/aromatic N) is 3. The average Bonchev–Trinajstić information content (AvgIpc) is 3.31. The summed E-state index contributed by atoms with van der Waals surface area (Å²) in [7, 11) is -3.55. The zero-order chi connectivity index (χ0) is 22.7. The molecule has 0 radical (unpaired) electrons. The highest BCUT2D eigenvalue weighted by Crippen LogP contribution is 2.22. The third-order valence-electron chi connectivity index (χ3n) is 6.21. The van der Waals surface area contributed by atoms with E-state index in [0.717, 1.165) is 31.1 Å². The molecule has 0 saturated carbocycles. The lowest BCUT2D eigenvalue weighted by Crippen LogP contribution is -2.48. The molecule has 174 valence electrons. The van der Waals surface area contributed by atoms with Gasteiger partial charge in [-0.05, 0) is 23.1 Å². The summed E-state index contributed by atoms with van der Waals surface area (Å²) in [5.41, 5.74) is 2.97. The Morgan fingerprint density at radius 1 is 1.03 bits per heavy atom. The maximum absolute atomic E-state index is 12.9. The maximum Gasteiger partial charge on any atom is 0.270 e. The van der Waals surface area contributed by atoms with Crippen molar-refractivity contribution >= 4 is 27.7 Å². The topological polar surface area (TPSA) is 76.7 Å². The Labute approximate surface area is 195 Å². The predicted molar refractivity (Wildman–Crippen MR) is 129 cm³/mol. The van der Waals surface area contributed by atoms with Crippen molar-refractivity contribution in [1.82, 2.24) is 19.1 Å². The van der Waals surface area contributed by atoms with E-state index in [1.807, 2.05) is 0 Å². The van der Waals surface area contributed by atoms with Crippen LogP contribution in [-0.2, 0) is 16.6 Å². The molecule has 7 nitrogen and oxygen atoms in total. The van der Waals surface area contributed by atoms with Gasteiger partial charge < -0.3 is 9.88 Å². The lowest BCUT2D eigenvalue weighted by atomic mass is 10.0. The first-order valence-corrected chi connectivity index (χ1v) is 13.8. The van der Waals surface area contributed by atoms with Crippen LogP contribution in [0.3, 0.4) is 0 Å². The molecule has 2 aliphatic heterocycles. The molecule has 0 spiro atoms. The molecular formula is C23H32N4O3S2. The van der Waals surface area contributed by atoms with Gasteiger partial charge in [-0.3, -0.25) is 9.69 Å². The number of sulfonamides is 1. The minimum absolute atomic E-state index is 0.137. The Kier molecular flexibility index (Phi) is 7.29. The fourth-order valence-electron chi connectivity index (χ4n) is 4.13. The van der Waals surface area contributed by atoms with Crippen molar-refractivity contribution in [2.75, 3.05) is 50.8 Å². The van der Waals surface area contributed by atoms with Crippen LogP contribution >= 0.6 is 11.8 Å². The number of carbonyl (C=O) groups excluding carboxylic acids is 1. The van der Waals surface area contributed by atoms with Crippen LogP contribution in [0.5, 0.6) is 0 Å². The van der Waals surface area contributed by atoms with Crippen molar-refractivity contribution in [2.24, 2.45) is 0 Å². The number of hydrogen-bond donors (Lipinski definition) is 1. The zero-order valence-corrected chi connectivity index (χ0v) is 20.4. The second kappa shape index (κ2) is 9.99. The Bertz CT molecular complexity index is 1020. The van der Waals surface area contributed by atoms with Crippen LogP contribution in [0.15, 0.2) is 41.4 Å². The van der Waals surface area contributed by atoms with Crippen LogP contribution in [0, 0.1) is 0 Å². The number of H-pyrrole nitrogens is 1. The standard InChI is InChI=1S/C23H32N4O3S2/c1-18(2)20-5-3-19(4-6-20)17-25-7-9-26(10-8-25)23(28)22-15-21(16-24-22)32(29,30)27-11-13-31-14-12-27/h3-6,15-16,18,24H,7-14,17H2,1-2H3. The average molecular weight is 477 g/mol. The summed E-state index contributed by atoms with van der Waals surface area (Å²) in [6.45, 7) is 9.17. The van der Waals surface area contributed by atoms with Crippen LogP contribution in [0.2, 0.25) is 0 Å². The van der Waals surface area contributed by atoms with Gasteiger partial charge in [0.1, 0.15) is 10.6 Å². The lowest BCUT2D eigenvalue weighted by molar-refractivity contribution is 0.0623. The summed E-state index contributed by atoms with van der Waals surface area (Å²) < 4.78 is 27.2. The summed E-state index contributed by atoms with van der Waals surface area (Å²) in [4.78, 5) is 20.2. The van der Waals surface area contributed by atoms with E-state index in [0.29, 0.717) is 37.8 Å². The first-order valence-electron chi connectivity index (χ1n) is 11.2. The van der Waals surface area contributed by atoms with Crippen molar-refractivity contribution in [3.05, 3.63) is 53.3 Å². The van der Waals surface area contributed by atoms with Crippen molar-refractivity contribution < 1.29 is 13.2 Å². The smallest absolute Gasteiger partial charge is 0.270 e. The van der Waals surface area contributed by atoms with Gasteiger partial charge in [-0.2, -0.15) is 16.1 Å². The number of thioether (sulfide) groups is 1. The minimum Gasteiger partial charge on any atom is -0.356 e. The van der Waals surface area contributed by atoms with Gasteiger partial charge in [0.15, 0.2) is 0 Å². The van der Waals surface area contributed by atoms with Gasteiger partial charge in [0, 0.05) is 63.5 Å². The SMILES string of the molecule is CC(C)c1ccc(CN2CCN(C(=O)c3cc(S(=O)(=O)N4CCSCC4)c[nH]3)CC2)cc1. The monoisotopic (exact) mass is 476 g/mol. The number of aromatic amines is 1. The Hall–Kier alpha value is -1.81. The number of benzene rings is 1. The number of aromatic nitrogens is 1. The van der Waals surface area contributed by atoms with Crippen molar-refractivity contribution in [1.29, 1.82) is 0 Å². The summed E-state index contributed by atoms with van der Waals surface area (Å²) in [5.74, 6) is 2.01. The number of hydrogen-bond acceptors (Lipinski definition) is 5. The van der Waals surface area contributed by atoms with Gasteiger partial charge in [-0.15, -0.1) is 0 Å². The first-order chi connectivity index (χ1) is 15.3. The third-order valence-corrected chi connectivity index (χ3v) is 9.03. The molecule has 0 unspecified atom stereocenters. The second-order valence-corrected chi connectivity index (χ2v) is 11.9. The van der Waals surface area contributed by atoms with E-state index in [1.165, 1.54) is 27.7 Å². The summed E-state index contributed by atoms with van der Waals surface area (Å²) >= 11 is 1.76. The molecule has 2 aromatic rings. The van der Waals surface area contributed by atoms with Crippen LogP contribution in [0.25, 0.3) is 0 Å². The number of nitrogens with one attached hydrogen (secondary N) is 1. The predicted octanol–water partition coefficient (Wildman–Crippen LogP) is 2.83. The van der Waals surface area contributed by atoms with E-state index in [-0.39, 0.29) is 10.8 Å². The molecule has 2 fully saturated rings. The van der Waals surface area contributed by atoms with Crippen LogP contribution in [0.1, 0.15) is 41.4 Å².